The van der Waals surface area contributed by atoms with E-state index in [1.807, 2.05) is 0 Å². The SMILES string of the molecule is O=C(CCCC1CCN(C(=O)Nc2ccc(F)cc2)CC1)NO. The molecule has 1 saturated heterocycles. The van der Waals surface area contributed by atoms with Crippen LogP contribution in [0, 0.1) is 11.7 Å². The number of rotatable bonds is 5. The molecule has 23 heavy (non-hydrogen) atoms. The van der Waals surface area contributed by atoms with Crippen LogP contribution in [0.1, 0.15) is 32.1 Å². The fourth-order valence-electron chi connectivity index (χ4n) is 2.77. The van der Waals surface area contributed by atoms with E-state index in [-0.39, 0.29) is 17.8 Å². The third kappa shape index (κ3) is 5.52. The molecule has 1 aromatic carbocycles. The van der Waals surface area contributed by atoms with Gasteiger partial charge in [-0.3, -0.25) is 10.0 Å². The third-order valence-corrected chi connectivity index (χ3v) is 4.14. The van der Waals surface area contributed by atoms with Gasteiger partial charge in [0.2, 0.25) is 5.91 Å². The highest BCUT2D eigenvalue weighted by Gasteiger charge is 2.22. The second kappa shape index (κ2) is 8.47. The number of piperidine rings is 1. The van der Waals surface area contributed by atoms with Gasteiger partial charge in [0.15, 0.2) is 0 Å². The summed E-state index contributed by atoms with van der Waals surface area (Å²) in [4.78, 5) is 24.8. The van der Waals surface area contributed by atoms with Gasteiger partial charge in [-0.15, -0.1) is 0 Å². The quantitative estimate of drug-likeness (QED) is 0.575. The Hall–Kier alpha value is -2.15. The van der Waals surface area contributed by atoms with Crippen LogP contribution in [0.25, 0.3) is 0 Å². The Bertz CT molecular complexity index is 528. The summed E-state index contributed by atoms with van der Waals surface area (Å²) in [6, 6.07) is 5.52. The van der Waals surface area contributed by atoms with E-state index in [1.54, 1.807) is 10.4 Å². The van der Waals surface area contributed by atoms with Gasteiger partial charge in [-0.1, -0.05) is 0 Å². The molecular weight excluding hydrogens is 301 g/mol. The molecule has 1 aromatic rings. The Labute approximate surface area is 134 Å². The molecule has 3 N–H and O–H groups in total. The summed E-state index contributed by atoms with van der Waals surface area (Å²) >= 11 is 0. The first-order chi connectivity index (χ1) is 11.1. The van der Waals surface area contributed by atoms with E-state index in [1.165, 1.54) is 24.3 Å². The van der Waals surface area contributed by atoms with E-state index in [0.29, 0.717) is 31.1 Å². The van der Waals surface area contributed by atoms with Crippen molar-refractivity contribution in [3.8, 4) is 0 Å². The Balaban J connectivity index is 1.70. The Morgan fingerprint density at radius 2 is 1.87 bits per heavy atom. The van der Waals surface area contributed by atoms with Crippen molar-refractivity contribution in [2.75, 3.05) is 18.4 Å². The number of hydroxylamine groups is 1. The van der Waals surface area contributed by atoms with Gasteiger partial charge in [-0.25, -0.2) is 14.7 Å². The van der Waals surface area contributed by atoms with Crippen LogP contribution in [-0.4, -0.2) is 35.1 Å². The van der Waals surface area contributed by atoms with Gasteiger partial charge in [0.1, 0.15) is 5.82 Å². The zero-order valence-corrected chi connectivity index (χ0v) is 12.9. The summed E-state index contributed by atoms with van der Waals surface area (Å²) in [7, 11) is 0. The van der Waals surface area contributed by atoms with Crippen LogP contribution in [-0.2, 0) is 4.79 Å². The number of likely N-dealkylation sites (tertiary alicyclic amines) is 1. The maximum Gasteiger partial charge on any atom is 0.321 e. The van der Waals surface area contributed by atoms with Crippen LogP contribution in [0.4, 0.5) is 14.9 Å². The molecule has 0 aromatic heterocycles. The van der Waals surface area contributed by atoms with E-state index in [4.69, 9.17) is 5.21 Å². The molecule has 0 bridgehead atoms. The van der Waals surface area contributed by atoms with Crippen LogP contribution >= 0.6 is 0 Å². The average Bonchev–Trinajstić information content (AvgIpc) is 2.57. The van der Waals surface area contributed by atoms with Crippen molar-refractivity contribution in [3.05, 3.63) is 30.1 Å². The molecule has 6 nitrogen and oxygen atoms in total. The van der Waals surface area contributed by atoms with Crippen molar-refractivity contribution >= 4 is 17.6 Å². The van der Waals surface area contributed by atoms with E-state index < -0.39 is 0 Å². The Morgan fingerprint density at radius 1 is 1.22 bits per heavy atom. The maximum atomic E-state index is 12.8. The van der Waals surface area contributed by atoms with E-state index in [2.05, 4.69) is 5.32 Å². The Morgan fingerprint density at radius 3 is 2.48 bits per heavy atom. The van der Waals surface area contributed by atoms with Gasteiger partial charge >= 0.3 is 6.03 Å². The molecule has 1 aliphatic heterocycles. The summed E-state index contributed by atoms with van der Waals surface area (Å²) in [5.41, 5.74) is 2.21. The highest BCUT2D eigenvalue weighted by Crippen LogP contribution is 2.23. The molecule has 3 amide bonds. The van der Waals surface area contributed by atoms with Gasteiger partial charge in [-0.05, 0) is 55.9 Å². The minimum atomic E-state index is -0.360. The van der Waals surface area contributed by atoms with E-state index >= 15 is 0 Å². The van der Waals surface area contributed by atoms with Gasteiger partial charge in [0.05, 0.1) is 0 Å². The number of anilines is 1. The van der Waals surface area contributed by atoms with Crippen molar-refractivity contribution < 1.29 is 19.2 Å². The Kier molecular flexibility index (Phi) is 6.34. The van der Waals surface area contributed by atoms with Gasteiger partial charge < -0.3 is 10.2 Å². The van der Waals surface area contributed by atoms with E-state index in [0.717, 1.165) is 25.7 Å². The molecule has 2 rings (SSSR count). The van der Waals surface area contributed by atoms with Crippen molar-refractivity contribution in [2.24, 2.45) is 5.92 Å². The lowest BCUT2D eigenvalue weighted by atomic mass is 9.91. The lowest BCUT2D eigenvalue weighted by molar-refractivity contribution is -0.129. The monoisotopic (exact) mass is 323 g/mol. The van der Waals surface area contributed by atoms with Gasteiger partial charge in [0.25, 0.3) is 0 Å². The number of urea groups is 1. The first kappa shape index (κ1) is 17.2. The normalized spacial score (nSPS) is 15.3. The van der Waals surface area contributed by atoms with Crippen LogP contribution in [0.15, 0.2) is 24.3 Å². The topological polar surface area (TPSA) is 81.7 Å². The summed E-state index contributed by atoms with van der Waals surface area (Å²) in [5, 5.41) is 11.2. The minimum Gasteiger partial charge on any atom is -0.325 e. The summed E-state index contributed by atoms with van der Waals surface area (Å²) < 4.78 is 12.8. The fourth-order valence-corrected chi connectivity index (χ4v) is 2.77. The molecule has 126 valence electrons. The van der Waals surface area contributed by atoms with Crippen molar-refractivity contribution in [2.45, 2.75) is 32.1 Å². The first-order valence-electron chi connectivity index (χ1n) is 7.83. The summed E-state index contributed by atoms with van der Waals surface area (Å²) in [5.74, 6) is -0.198. The second-order valence-electron chi connectivity index (χ2n) is 5.79. The number of nitrogens with zero attached hydrogens (tertiary/aromatic N) is 1. The minimum absolute atomic E-state index is 0.172. The number of hydrogen-bond acceptors (Lipinski definition) is 3. The van der Waals surface area contributed by atoms with Gasteiger partial charge in [0, 0.05) is 25.2 Å². The van der Waals surface area contributed by atoms with Crippen LogP contribution in [0.2, 0.25) is 0 Å². The second-order valence-corrected chi connectivity index (χ2v) is 5.79. The molecule has 7 heteroatoms. The standard InChI is InChI=1S/C16H22FN3O3/c17-13-4-6-14(7-5-13)18-16(22)20-10-8-12(9-11-20)2-1-3-15(21)19-23/h4-7,12,23H,1-3,8-11H2,(H,18,22)(H,19,21). The number of benzene rings is 1. The average molecular weight is 323 g/mol. The third-order valence-electron chi connectivity index (χ3n) is 4.14. The molecule has 0 spiro atoms. The largest absolute Gasteiger partial charge is 0.325 e. The predicted molar refractivity (Wildman–Crippen MR) is 83.5 cm³/mol. The highest BCUT2D eigenvalue weighted by atomic mass is 19.1. The van der Waals surface area contributed by atoms with Crippen LogP contribution in [0.5, 0.6) is 0 Å². The molecule has 0 radical (unpaired) electrons. The number of nitrogens with one attached hydrogen (secondary N) is 2. The zero-order chi connectivity index (χ0) is 16.7. The molecule has 0 saturated carbocycles. The highest BCUT2D eigenvalue weighted by molar-refractivity contribution is 5.89. The molecule has 0 atom stereocenters. The number of hydrogen-bond donors (Lipinski definition) is 3. The number of carbonyl (C=O) groups excluding carboxylic acids is 2. The van der Waals surface area contributed by atoms with E-state index in [9.17, 15) is 14.0 Å². The molecular formula is C16H22FN3O3. The van der Waals surface area contributed by atoms with Gasteiger partial charge in [-0.2, -0.15) is 0 Å². The molecule has 0 aliphatic carbocycles. The molecule has 1 aliphatic rings. The number of amides is 3. The molecule has 0 unspecified atom stereocenters. The predicted octanol–water partition coefficient (Wildman–Crippen LogP) is 2.75. The summed E-state index contributed by atoms with van der Waals surface area (Å²) in [6.45, 7) is 1.34. The molecule has 1 heterocycles. The number of carbonyl (C=O) groups is 2. The van der Waals surface area contributed by atoms with Crippen LogP contribution < -0.4 is 10.8 Å². The number of halogens is 1. The molecule has 1 fully saturated rings. The fraction of sp³-hybridized carbons (Fsp3) is 0.500. The van der Waals surface area contributed by atoms with Crippen LogP contribution in [0.3, 0.4) is 0 Å². The summed E-state index contributed by atoms with van der Waals surface area (Å²) in [6.07, 6.45) is 3.77. The smallest absolute Gasteiger partial charge is 0.321 e. The first-order valence-corrected chi connectivity index (χ1v) is 7.83. The zero-order valence-electron chi connectivity index (χ0n) is 12.9. The lowest BCUT2D eigenvalue weighted by Gasteiger charge is -2.32. The van der Waals surface area contributed by atoms with Crippen molar-refractivity contribution in [3.63, 3.8) is 0 Å². The maximum absolute atomic E-state index is 12.8. The van der Waals surface area contributed by atoms with Crippen molar-refractivity contribution in [1.29, 1.82) is 0 Å². The van der Waals surface area contributed by atoms with Crippen molar-refractivity contribution in [1.82, 2.24) is 10.4 Å². The lowest BCUT2D eigenvalue weighted by Crippen LogP contribution is -2.41.